The molecule has 1 aliphatic heterocycles. The largest absolute Gasteiger partial charge is 0.464 e. The minimum absolute atomic E-state index is 0.00304. The van der Waals surface area contributed by atoms with E-state index in [-0.39, 0.29) is 30.9 Å². The van der Waals surface area contributed by atoms with Gasteiger partial charge >= 0.3 is 5.97 Å². The minimum Gasteiger partial charge on any atom is -0.464 e. The number of carbonyl (C=O) groups excluding carboxylic acids is 2. The molecule has 1 aromatic heterocycles. The lowest BCUT2D eigenvalue weighted by Gasteiger charge is -2.10. The van der Waals surface area contributed by atoms with Crippen LogP contribution in [0.25, 0.3) is 22.2 Å². The van der Waals surface area contributed by atoms with Gasteiger partial charge in [-0.2, -0.15) is 0 Å². The van der Waals surface area contributed by atoms with Gasteiger partial charge in [0.25, 0.3) is 0 Å². The Bertz CT molecular complexity index is 1090. The van der Waals surface area contributed by atoms with Crippen molar-refractivity contribution in [3.63, 3.8) is 0 Å². The maximum atomic E-state index is 14.3. The first kappa shape index (κ1) is 19.0. The number of halogens is 3. The van der Waals surface area contributed by atoms with E-state index in [1.807, 2.05) is 0 Å². The van der Waals surface area contributed by atoms with Crippen LogP contribution in [-0.4, -0.2) is 29.5 Å². The molecule has 3 aromatic rings. The Balaban J connectivity index is 1.65. The Kier molecular flexibility index (Phi) is 5.00. The minimum atomic E-state index is -0.757. The van der Waals surface area contributed by atoms with Crippen molar-refractivity contribution in [1.29, 1.82) is 0 Å². The van der Waals surface area contributed by atoms with Crippen LogP contribution in [-0.2, 0) is 20.7 Å². The molecular weight excluding hydrogens is 385 g/mol. The molecule has 0 spiro atoms. The van der Waals surface area contributed by atoms with Gasteiger partial charge in [-0.1, -0.05) is 0 Å². The zero-order chi connectivity index (χ0) is 20.5. The number of nitrogens with one attached hydrogen (secondary N) is 2. The Labute approximate surface area is 163 Å². The SMILES string of the molecule is O=C(CCc1c(-c2ccc(F)cc2)[nH]c2c(F)cc(F)cc12)N[C@H]1CCOC1=O. The molecule has 0 saturated carbocycles. The quantitative estimate of drug-likeness (QED) is 0.641. The molecule has 5 nitrogen and oxygen atoms in total. The highest BCUT2D eigenvalue weighted by Crippen LogP contribution is 2.33. The molecule has 1 fully saturated rings. The molecule has 1 aliphatic rings. The highest BCUT2D eigenvalue weighted by Gasteiger charge is 2.28. The van der Waals surface area contributed by atoms with Gasteiger partial charge in [-0.25, -0.2) is 18.0 Å². The van der Waals surface area contributed by atoms with Gasteiger partial charge in [-0.15, -0.1) is 0 Å². The third-order valence-electron chi connectivity index (χ3n) is 4.94. The second kappa shape index (κ2) is 7.62. The molecule has 8 heteroatoms. The van der Waals surface area contributed by atoms with Gasteiger partial charge in [0.2, 0.25) is 5.91 Å². The fraction of sp³-hybridized carbons (Fsp3) is 0.238. The summed E-state index contributed by atoms with van der Waals surface area (Å²) in [6.45, 7) is 0.263. The number of carbonyl (C=O) groups is 2. The van der Waals surface area contributed by atoms with E-state index >= 15 is 0 Å². The number of H-pyrrole nitrogens is 1. The lowest BCUT2D eigenvalue weighted by atomic mass is 10.0. The van der Waals surface area contributed by atoms with E-state index in [0.29, 0.717) is 28.6 Å². The lowest BCUT2D eigenvalue weighted by Crippen LogP contribution is -2.38. The number of aromatic nitrogens is 1. The van der Waals surface area contributed by atoms with Crippen molar-refractivity contribution < 1.29 is 27.5 Å². The molecule has 2 aromatic carbocycles. The van der Waals surface area contributed by atoms with Gasteiger partial charge in [-0.3, -0.25) is 4.79 Å². The molecule has 0 bridgehead atoms. The topological polar surface area (TPSA) is 71.2 Å². The second-order valence-electron chi connectivity index (χ2n) is 6.87. The van der Waals surface area contributed by atoms with Crippen molar-refractivity contribution in [1.82, 2.24) is 10.3 Å². The van der Waals surface area contributed by atoms with Crippen LogP contribution < -0.4 is 5.32 Å². The summed E-state index contributed by atoms with van der Waals surface area (Å²) < 4.78 is 46.2. The Hall–Kier alpha value is -3.29. The number of aromatic amines is 1. The molecule has 1 amide bonds. The number of esters is 1. The zero-order valence-corrected chi connectivity index (χ0v) is 15.2. The van der Waals surface area contributed by atoms with E-state index in [1.54, 1.807) is 0 Å². The van der Waals surface area contributed by atoms with Gasteiger partial charge in [0, 0.05) is 30.0 Å². The number of cyclic esters (lactones) is 1. The number of fused-ring (bicyclic) bond motifs is 1. The highest BCUT2D eigenvalue weighted by molar-refractivity contribution is 5.92. The van der Waals surface area contributed by atoms with E-state index in [4.69, 9.17) is 4.74 Å². The first-order valence-corrected chi connectivity index (χ1v) is 9.14. The number of aryl methyl sites for hydroxylation is 1. The number of hydrogen-bond donors (Lipinski definition) is 2. The van der Waals surface area contributed by atoms with Crippen molar-refractivity contribution in [2.75, 3.05) is 6.61 Å². The van der Waals surface area contributed by atoms with Crippen LogP contribution in [0.2, 0.25) is 0 Å². The zero-order valence-electron chi connectivity index (χ0n) is 15.2. The molecule has 2 heterocycles. The van der Waals surface area contributed by atoms with E-state index in [2.05, 4.69) is 10.3 Å². The number of ether oxygens (including phenoxy) is 1. The van der Waals surface area contributed by atoms with E-state index in [9.17, 15) is 22.8 Å². The molecule has 0 unspecified atom stereocenters. The highest BCUT2D eigenvalue weighted by atomic mass is 19.1. The molecule has 29 heavy (non-hydrogen) atoms. The van der Waals surface area contributed by atoms with Crippen molar-refractivity contribution >= 4 is 22.8 Å². The van der Waals surface area contributed by atoms with Gasteiger partial charge in [0.05, 0.1) is 12.1 Å². The summed E-state index contributed by atoms with van der Waals surface area (Å²) >= 11 is 0. The Morgan fingerprint density at radius 1 is 1.14 bits per heavy atom. The summed E-state index contributed by atoms with van der Waals surface area (Å²) in [6.07, 6.45) is 0.584. The first-order valence-electron chi connectivity index (χ1n) is 9.14. The van der Waals surface area contributed by atoms with Crippen LogP contribution >= 0.6 is 0 Å². The number of rotatable bonds is 5. The Morgan fingerprint density at radius 2 is 1.90 bits per heavy atom. The van der Waals surface area contributed by atoms with Crippen LogP contribution in [0.1, 0.15) is 18.4 Å². The molecule has 4 rings (SSSR count). The Morgan fingerprint density at radius 3 is 2.59 bits per heavy atom. The predicted octanol–water partition coefficient (Wildman–Crippen LogP) is 3.62. The van der Waals surface area contributed by atoms with Crippen LogP contribution in [0, 0.1) is 17.5 Å². The number of benzene rings is 2. The van der Waals surface area contributed by atoms with Crippen molar-refractivity contribution in [3.8, 4) is 11.3 Å². The summed E-state index contributed by atoms with van der Waals surface area (Å²) in [5, 5.41) is 2.92. The summed E-state index contributed by atoms with van der Waals surface area (Å²) in [6, 6.07) is 6.87. The number of amides is 1. The second-order valence-corrected chi connectivity index (χ2v) is 6.87. The summed E-state index contributed by atoms with van der Waals surface area (Å²) in [4.78, 5) is 26.7. The van der Waals surface area contributed by atoms with Crippen LogP contribution in [0.15, 0.2) is 36.4 Å². The van der Waals surface area contributed by atoms with Crippen LogP contribution in [0.4, 0.5) is 13.2 Å². The average molecular weight is 402 g/mol. The summed E-state index contributed by atoms with van der Waals surface area (Å²) in [7, 11) is 0. The normalized spacial score (nSPS) is 16.2. The van der Waals surface area contributed by atoms with Crippen LogP contribution in [0.5, 0.6) is 0 Å². The lowest BCUT2D eigenvalue weighted by molar-refractivity contribution is -0.141. The first-order chi connectivity index (χ1) is 13.9. The van der Waals surface area contributed by atoms with Gasteiger partial charge in [0.1, 0.15) is 23.5 Å². The van der Waals surface area contributed by atoms with Gasteiger partial charge in [-0.05, 0) is 47.9 Å². The molecule has 1 atom stereocenters. The standard InChI is InChI=1S/C21H17F3N2O3/c22-12-3-1-11(2-4-12)19-14(15-9-13(23)10-16(24)20(15)26-19)5-6-18(27)25-17-7-8-29-21(17)28/h1-4,9-10,17,26H,5-8H2,(H,25,27)/t17-/m0/s1. The van der Waals surface area contributed by atoms with E-state index in [1.165, 1.54) is 30.3 Å². The third kappa shape index (κ3) is 3.83. The van der Waals surface area contributed by atoms with Gasteiger partial charge in [0.15, 0.2) is 0 Å². The summed E-state index contributed by atoms with van der Waals surface area (Å²) in [5.41, 5.74) is 1.71. The van der Waals surface area contributed by atoms with Crippen molar-refractivity contribution in [3.05, 3.63) is 59.4 Å². The molecule has 1 saturated heterocycles. The van der Waals surface area contributed by atoms with Crippen molar-refractivity contribution in [2.45, 2.75) is 25.3 Å². The average Bonchev–Trinajstić information content (AvgIpc) is 3.24. The van der Waals surface area contributed by atoms with E-state index < -0.39 is 29.5 Å². The predicted molar refractivity (Wildman–Crippen MR) is 99.4 cm³/mol. The number of hydrogen-bond acceptors (Lipinski definition) is 3. The molecule has 0 aliphatic carbocycles. The fourth-order valence-corrected chi connectivity index (χ4v) is 3.53. The molecule has 150 valence electrons. The van der Waals surface area contributed by atoms with Gasteiger partial charge < -0.3 is 15.0 Å². The van der Waals surface area contributed by atoms with Crippen molar-refractivity contribution in [2.24, 2.45) is 0 Å². The maximum absolute atomic E-state index is 14.3. The smallest absolute Gasteiger partial charge is 0.328 e. The summed E-state index contributed by atoms with van der Waals surface area (Å²) in [5.74, 6) is -2.76. The fourth-order valence-electron chi connectivity index (χ4n) is 3.53. The molecule has 0 radical (unpaired) electrons. The third-order valence-corrected chi connectivity index (χ3v) is 4.94. The van der Waals surface area contributed by atoms with Crippen LogP contribution in [0.3, 0.4) is 0 Å². The maximum Gasteiger partial charge on any atom is 0.328 e. The molecular formula is C21H17F3N2O3. The monoisotopic (exact) mass is 402 g/mol. The van der Waals surface area contributed by atoms with E-state index in [0.717, 1.165) is 6.07 Å². The molecule has 2 N–H and O–H groups in total.